The Morgan fingerprint density at radius 1 is 0.959 bits per heavy atom. The average Bonchev–Trinajstić information content (AvgIpc) is 3.47. The Morgan fingerprint density at radius 3 is 2.35 bits per heavy atom. The topological polar surface area (TPSA) is 142 Å². The van der Waals surface area contributed by atoms with Crippen LogP contribution >= 0.6 is 0 Å². The normalized spacial score (nSPS) is 16.3. The molecule has 0 saturated heterocycles. The zero-order valence-electron chi connectivity index (χ0n) is 30.2. The molecule has 0 aliphatic heterocycles. The van der Waals surface area contributed by atoms with E-state index in [-0.39, 0.29) is 34.7 Å². The highest BCUT2D eigenvalue weighted by Crippen LogP contribution is 2.39. The zero-order chi connectivity index (χ0) is 35.5. The van der Waals surface area contributed by atoms with E-state index in [2.05, 4.69) is 54.9 Å². The highest BCUT2D eigenvalue weighted by Gasteiger charge is 2.30. The van der Waals surface area contributed by atoms with Gasteiger partial charge < -0.3 is 25.2 Å². The number of benzene rings is 1. The van der Waals surface area contributed by atoms with E-state index < -0.39 is 11.9 Å². The van der Waals surface area contributed by atoms with Gasteiger partial charge in [0.2, 0.25) is 11.8 Å². The van der Waals surface area contributed by atoms with Crippen LogP contribution < -0.4 is 25.6 Å². The van der Waals surface area contributed by atoms with Crippen LogP contribution in [0.5, 0.6) is 5.75 Å². The van der Waals surface area contributed by atoms with Crippen molar-refractivity contribution in [2.45, 2.75) is 84.4 Å². The Labute approximate surface area is 288 Å². The second-order valence-electron chi connectivity index (χ2n) is 14.3. The minimum absolute atomic E-state index is 0.00848. The van der Waals surface area contributed by atoms with E-state index in [0.717, 1.165) is 35.8 Å². The Kier molecular flexibility index (Phi) is 10.4. The summed E-state index contributed by atoms with van der Waals surface area (Å²) in [6, 6.07) is 12.9. The van der Waals surface area contributed by atoms with Gasteiger partial charge in [-0.2, -0.15) is 0 Å². The summed E-state index contributed by atoms with van der Waals surface area (Å²) in [6.07, 6.45) is 3.11. The minimum atomic E-state index is -0.417. The van der Waals surface area contributed by atoms with Gasteiger partial charge in [0.25, 0.3) is 5.91 Å². The van der Waals surface area contributed by atoms with Crippen molar-refractivity contribution >= 4 is 29.4 Å². The molecular weight excluding hydrogens is 620 g/mol. The van der Waals surface area contributed by atoms with E-state index in [0.29, 0.717) is 30.8 Å². The van der Waals surface area contributed by atoms with Crippen LogP contribution in [0.25, 0.3) is 5.65 Å². The molecule has 3 N–H and O–H groups in total. The molecule has 0 unspecified atom stereocenters. The number of likely N-dealkylation sites (N-methyl/N-ethyl adjacent to an activating group) is 1. The molecule has 1 aromatic carbocycles. The predicted molar refractivity (Wildman–Crippen MR) is 191 cm³/mol. The maximum absolute atomic E-state index is 13.4. The smallest absolute Gasteiger partial charge is 0.320 e. The van der Waals surface area contributed by atoms with E-state index in [1.165, 1.54) is 0 Å². The summed E-state index contributed by atoms with van der Waals surface area (Å²) in [7, 11) is 3.92. The van der Waals surface area contributed by atoms with Crippen molar-refractivity contribution in [3.05, 3.63) is 71.3 Å². The molecule has 4 aromatic rings. The van der Waals surface area contributed by atoms with Crippen LogP contribution in [-0.2, 0) is 5.41 Å². The number of aromatic nitrogens is 5. The van der Waals surface area contributed by atoms with Crippen LogP contribution in [0.3, 0.4) is 0 Å². The van der Waals surface area contributed by atoms with Crippen molar-refractivity contribution in [1.29, 1.82) is 0 Å². The Morgan fingerprint density at radius 2 is 1.67 bits per heavy atom. The molecule has 5 rings (SSSR count). The number of hydrogen-bond acceptors (Lipinski definition) is 9. The Balaban J connectivity index is 1.31. The number of hydrogen-bond donors (Lipinski definition) is 3. The van der Waals surface area contributed by atoms with Crippen molar-refractivity contribution in [3.63, 3.8) is 0 Å². The van der Waals surface area contributed by atoms with Gasteiger partial charge in [0.1, 0.15) is 17.7 Å². The summed E-state index contributed by atoms with van der Waals surface area (Å²) in [4.78, 5) is 39.8. The molecular formula is C36H50N10O3. The number of pyridine rings is 1. The Hall–Kier alpha value is -4.78. The van der Waals surface area contributed by atoms with E-state index in [1.807, 2.05) is 101 Å². The number of anilines is 2. The van der Waals surface area contributed by atoms with Crippen LogP contribution in [0.15, 0.2) is 48.7 Å². The number of fused-ring (bicyclic) bond motifs is 2. The van der Waals surface area contributed by atoms with Gasteiger partial charge in [-0.05, 0) is 77.9 Å². The predicted octanol–water partition coefficient (Wildman–Crippen LogP) is 5.51. The number of nitrogens with one attached hydrogen (secondary N) is 3. The molecule has 262 valence electrons. The van der Waals surface area contributed by atoms with Crippen LogP contribution in [0, 0.1) is 0 Å². The molecule has 1 aliphatic rings. The van der Waals surface area contributed by atoms with Gasteiger partial charge >= 0.3 is 6.03 Å². The number of rotatable bonds is 11. The van der Waals surface area contributed by atoms with E-state index in [9.17, 15) is 9.59 Å². The number of carbonyl (C=O) groups is 2. The summed E-state index contributed by atoms with van der Waals surface area (Å²) in [5.41, 5.74) is 2.77. The third-order valence-electron chi connectivity index (χ3n) is 9.25. The summed E-state index contributed by atoms with van der Waals surface area (Å²) in [6.45, 7) is 16.3. The molecule has 3 aromatic heterocycles. The lowest BCUT2D eigenvalue weighted by molar-refractivity contribution is 0.0909. The van der Waals surface area contributed by atoms with Gasteiger partial charge in [0, 0.05) is 36.7 Å². The summed E-state index contributed by atoms with van der Waals surface area (Å²) < 4.78 is 8.53. The summed E-state index contributed by atoms with van der Waals surface area (Å²) in [5, 5.41) is 17.6. The molecule has 0 fully saturated rings. The molecule has 3 amide bonds. The minimum Gasteiger partial charge on any atom is -0.484 e. The van der Waals surface area contributed by atoms with Gasteiger partial charge in [0.15, 0.2) is 5.65 Å². The lowest BCUT2D eigenvalue weighted by Gasteiger charge is -2.32. The second-order valence-corrected chi connectivity index (χ2v) is 14.3. The molecule has 13 heteroatoms. The van der Waals surface area contributed by atoms with E-state index in [4.69, 9.17) is 4.74 Å². The largest absolute Gasteiger partial charge is 0.484 e. The standard InChI is InChI=1S/C36H50N10O3/c1-10-45(11-2)34-43-42-30-19-16-23(21-46(30)34)49-27-18-17-26(24-14-12-13-15-25(24)27)38-33(48)41-29-20-28(35(3,4)5)39-31(40-29)32(47)37-22-36(6,7)44(8)9/h12-16,19-21,26-27H,10-11,17-18,22H2,1-9H3,(H,37,47)(H2,38,39,40,41,48)/t26-,27+/m0/s1. The van der Waals surface area contributed by atoms with Crippen LogP contribution in [0.4, 0.5) is 16.6 Å². The monoisotopic (exact) mass is 670 g/mol. The van der Waals surface area contributed by atoms with Gasteiger partial charge in [-0.1, -0.05) is 45.0 Å². The number of carbonyl (C=O) groups excluding carboxylic acids is 2. The van der Waals surface area contributed by atoms with Gasteiger partial charge in [-0.15, -0.1) is 10.2 Å². The van der Waals surface area contributed by atoms with Crippen molar-refractivity contribution in [1.82, 2.24) is 40.1 Å². The number of urea groups is 1. The highest BCUT2D eigenvalue weighted by molar-refractivity contribution is 5.92. The highest BCUT2D eigenvalue weighted by atomic mass is 16.5. The third kappa shape index (κ3) is 8.10. The van der Waals surface area contributed by atoms with Crippen molar-refractivity contribution in [3.8, 4) is 5.75 Å². The van der Waals surface area contributed by atoms with Crippen molar-refractivity contribution in [2.24, 2.45) is 0 Å². The molecule has 13 nitrogen and oxygen atoms in total. The van der Waals surface area contributed by atoms with Crippen LogP contribution in [-0.4, -0.2) is 80.7 Å². The first-order valence-electron chi connectivity index (χ1n) is 17.0. The van der Waals surface area contributed by atoms with Crippen molar-refractivity contribution < 1.29 is 14.3 Å². The molecule has 0 radical (unpaired) electrons. The zero-order valence-corrected chi connectivity index (χ0v) is 30.2. The lowest BCUT2D eigenvalue weighted by Crippen LogP contribution is -2.48. The second kappa shape index (κ2) is 14.4. The molecule has 0 bridgehead atoms. The molecule has 0 saturated carbocycles. The van der Waals surface area contributed by atoms with Crippen molar-refractivity contribution in [2.75, 3.05) is 43.9 Å². The molecule has 3 heterocycles. The molecule has 49 heavy (non-hydrogen) atoms. The maximum Gasteiger partial charge on any atom is 0.320 e. The molecule has 1 aliphatic carbocycles. The maximum atomic E-state index is 13.4. The molecule has 2 atom stereocenters. The SMILES string of the molecule is CCN(CC)c1nnc2ccc(O[C@@H]3CC[C@H](NC(=O)Nc4cc(C(C)(C)C)nc(C(=O)NCC(C)(C)N(C)C)n4)c4ccccc43)cn12. The quantitative estimate of drug-likeness (QED) is 0.188. The summed E-state index contributed by atoms with van der Waals surface area (Å²) >= 11 is 0. The average molecular weight is 671 g/mol. The van der Waals surface area contributed by atoms with E-state index in [1.54, 1.807) is 6.07 Å². The first-order chi connectivity index (χ1) is 23.2. The number of amides is 3. The third-order valence-corrected chi connectivity index (χ3v) is 9.25. The number of ether oxygens (including phenoxy) is 1. The fourth-order valence-electron chi connectivity index (χ4n) is 5.68. The van der Waals surface area contributed by atoms with Gasteiger partial charge in [-0.25, -0.2) is 14.8 Å². The Bertz CT molecular complexity index is 1790. The first kappa shape index (κ1) is 35.5. The fourth-order valence-corrected chi connectivity index (χ4v) is 5.68. The lowest BCUT2D eigenvalue weighted by atomic mass is 9.85. The first-order valence-corrected chi connectivity index (χ1v) is 17.0. The van der Waals surface area contributed by atoms with Crippen LogP contribution in [0.2, 0.25) is 0 Å². The van der Waals surface area contributed by atoms with Gasteiger partial charge in [0.05, 0.1) is 17.9 Å². The van der Waals surface area contributed by atoms with Crippen LogP contribution in [0.1, 0.15) is 101 Å². The summed E-state index contributed by atoms with van der Waals surface area (Å²) in [5.74, 6) is 1.36. The van der Waals surface area contributed by atoms with Gasteiger partial charge in [-0.3, -0.25) is 14.5 Å². The fraction of sp³-hybridized carbons (Fsp3) is 0.500. The number of nitrogens with zero attached hydrogens (tertiary/aromatic N) is 7. The molecule has 0 spiro atoms. The van der Waals surface area contributed by atoms with E-state index >= 15 is 0 Å².